The second-order valence-corrected chi connectivity index (χ2v) is 9.85. The number of rotatable bonds is 4. The lowest BCUT2D eigenvalue weighted by Crippen LogP contribution is -2.16. The molecule has 0 saturated heterocycles. The number of hydrogen-bond donors (Lipinski definition) is 0. The van der Waals surface area contributed by atoms with Crippen LogP contribution in [-0.4, -0.2) is 47.1 Å². The number of benzene rings is 4. The summed E-state index contributed by atoms with van der Waals surface area (Å²) in [5.41, 5.74) is 6.59. The van der Waals surface area contributed by atoms with Gasteiger partial charge in [0.2, 0.25) is 0 Å². The molecule has 0 amide bonds. The Morgan fingerprint density at radius 1 is 0.543 bits per heavy atom. The average Bonchev–Trinajstić information content (AvgIpc) is 3.32. The molecule has 4 nitrogen and oxygen atoms in total. The molecular weight excluding hydrogens is 428 g/mol. The van der Waals surface area contributed by atoms with E-state index in [4.69, 9.17) is 0 Å². The summed E-state index contributed by atoms with van der Waals surface area (Å²) in [5.74, 6) is 0. The van der Waals surface area contributed by atoms with Crippen molar-refractivity contribution in [1.82, 2.24) is 18.9 Å². The standard InChI is InChI=1S/C16H18N2.C15H16N2/c1-17(2)11-12-8-9-16-14(10-12)13-6-4-5-7-15(13)18(16)3;1-16(2)11-17-14-9-5-3-7-12(14)13-8-4-6-10-15(13)17/h4-10H,11H2,1-3H3;3-10H,11H2,1-2H3. The van der Waals surface area contributed by atoms with Gasteiger partial charge in [0.25, 0.3) is 0 Å². The van der Waals surface area contributed by atoms with Gasteiger partial charge in [-0.15, -0.1) is 0 Å². The van der Waals surface area contributed by atoms with Gasteiger partial charge in [0.15, 0.2) is 0 Å². The first-order valence-electron chi connectivity index (χ1n) is 12.2. The highest BCUT2D eigenvalue weighted by atomic mass is 15.2. The molecule has 0 saturated carbocycles. The second kappa shape index (κ2) is 9.57. The zero-order valence-electron chi connectivity index (χ0n) is 21.4. The van der Waals surface area contributed by atoms with Gasteiger partial charge in [-0.2, -0.15) is 0 Å². The predicted octanol–water partition coefficient (Wildman–Crippen LogP) is 6.71. The Labute approximate surface area is 207 Å². The highest BCUT2D eigenvalue weighted by Crippen LogP contribution is 2.29. The fourth-order valence-corrected chi connectivity index (χ4v) is 5.12. The van der Waals surface area contributed by atoms with Gasteiger partial charge in [0.05, 0.1) is 17.7 Å². The first-order valence-corrected chi connectivity index (χ1v) is 12.2. The van der Waals surface area contributed by atoms with Crippen molar-refractivity contribution in [3.05, 3.63) is 96.6 Å². The van der Waals surface area contributed by atoms with Crippen LogP contribution >= 0.6 is 0 Å². The summed E-state index contributed by atoms with van der Waals surface area (Å²) in [6.07, 6.45) is 0. The van der Waals surface area contributed by atoms with Crippen LogP contribution in [0.15, 0.2) is 91.0 Å². The Bertz CT molecular complexity index is 1560. The third kappa shape index (κ3) is 4.43. The van der Waals surface area contributed by atoms with Gasteiger partial charge in [-0.25, -0.2) is 0 Å². The molecule has 35 heavy (non-hydrogen) atoms. The van der Waals surface area contributed by atoms with Crippen molar-refractivity contribution in [2.75, 3.05) is 28.2 Å². The minimum Gasteiger partial charge on any atom is -0.344 e. The van der Waals surface area contributed by atoms with Crippen LogP contribution in [0.1, 0.15) is 5.56 Å². The van der Waals surface area contributed by atoms with E-state index in [-0.39, 0.29) is 0 Å². The van der Waals surface area contributed by atoms with E-state index in [0.29, 0.717) is 0 Å². The van der Waals surface area contributed by atoms with Gasteiger partial charge in [-0.1, -0.05) is 60.7 Å². The van der Waals surface area contributed by atoms with Crippen molar-refractivity contribution in [2.45, 2.75) is 13.2 Å². The first-order chi connectivity index (χ1) is 16.9. The Morgan fingerprint density at radius 2 is 1.03 bits per heavy atom. The molecule has 0 aliphatic rings. The molecular formula is C31H34N4. The van der Waals surface area contributed by atoms with Crippen molar-refractivity contribution in [1.29, 1.82) is 0 Å². The fraction of sp³-hybridized carbons (Fsp3) is 0.226. The van der Waals surface area contributed by atoms with Gasteiger partial charge in [-0.3, -0.25) is 4.90 Å². The smallest absolute Gasteiger partial charge is 0.0752 e. The molecule has 0 atom stereocenters. The summed E-state index contributed by atoms with van der Waals surface area (Å²) in [6, 6.07) is 32.6. The van der Waals surface area contributed by atoms with E-state index in [1.54, 1.807) is 0 Å². The molecule has 4 aromatic carbocycles. The van der Waals surface area contributed by atoms with Gasteiger partial charge < -0.3 is 14.0 Å². The number of hydrogen-bond acceptors (Lipinski definition) is 2. The van der Waals surface area contributed by atoms with Gasteiger partial charge in [0, 0.05) is 46.2 Å². The van der Waals surface area contributed by atoms with E-state index in [2.05, 4.69) is 145 Å². The van der Waals surface area contributed by atoms with E-state index in [0.717, 1.165) is 13.2 Å². The average molecular weight is 463 g/mol. The SMILES string of the molecule is CN(C)Cc1ccc2c(c1)c1ccccc1n2C.CN(C)Cn1c2ccccc2c2ccccc21. The van der Waals surface area contributed by atoms with Gasteiger partial charge >= 0.3 is 0 Å². The van der Waals surface area contributed by atoms with E-state index in [1.807, 2.05) is 0 Å². The van der Waals surface area contributed by atoms with E-state index in [1.165, 1.54) is 49.2 Å². The predicted molar refractivity (Wildman–Crippen MR) is 151 cm³/mol. The van der Waals surface area contributed by atoms with Crippen LogP contribution in [0.3, 0.4) is 0 Å². The molecule has 178 valence electrons. The summed E-state index contributed by atoms with van der Waals surface area (Å²) >= 11 is 0. The zero-order chi connectivity index (χ0) is 24.5. The number of para-hydroxylation sites is 3. The Hall–Kier alpha value is -3.60. The first kappa shape index (κ1) is 23.2. The maximum atomic E-state index is 2.37. The lowest BCUT2D eigenvalue weighted by molar-refractivity contribution is 0.338. The normalized spacial score (nSPS) is 11.7. The molecule has 0 aliphatic heterocycles. The van der Waals surface area contributed by atoms with Crippen molar-refractivity contribution in [2.24, 2.45) is 7.05 Å². The molecule has 2 aromatic heterocycles. The van der Waals surface area contributed by atoms with Crippen LogP contribution in [0.5, 0.6) is 0 Å². The van der Waals surface area contributed by atoms with E-state index >= 15 is 0 Å². The van der Waals surface area contributed by atoms with E-state index < -0.39 is 0 Å². The van der Waals surface area contributed by atoms with Crippen LogP contribution < -0.4 is 0 Å². The van der Waals surface area contributed by atoms with Crippen molar-refractivity contribution < 1.29 is 0 Å². The van der Waals surface area contributed by atoms with Crippen LogP contribution in [0.2, 0.25) is 0 Å². The number of aryl methyl sites for hydroxylation is 1. The monoisotopic (exact) mass is 462 g/mol. The molecule has 6 aromatic rings. The van der Waals surface area contributed by atoms with Crippen molar-refractivity contribution in [3.8, 4) is 0 Å². The fourth-order valence-electron chi connectivity index (χ4n) is 5.12. The quantitative estimate of drug-likeness (QED) is 0.290. The molecule has 0 N–H and O–H groups in total. The molecule has 2 heterocycles. The summed E-state index contributed by atoms with van der Waals surface area (Å²) < 4.78 is 4.63. The molecule has 0 bridgehead atoms. The molecule has 0 fully saturated rings. The zero-order valence-corrected chi connectivity index (χ0v) is 21.4. The maximum Gasteiger partial charge on any atom is 0.0752 e. The minimum atomic E-state index is 0.911. The summed E-state index contributed by atoms with van der Waals surface area (Å²) in [5, 5.41) is 5.37. The Balaban J connectivity index is 0.000000145. The number of nitrogens with zero attached hydrogens (tertiary/aromatic N) is 4. The molecule has 0 aliphatic carbocycles. The van der Waals surface area contributed by atoms with Gasteiger partial charge in [-0.05, 0) is 64.1 Å². The maximum absolute atomic E-state index is 2.37. The molecule has 0 spiro atoms. The molecule has 6 rings (SSSR count). The Kier molecular flexibility index (Phi) is 6.33. The molecule has 0 unspecified atom stereocenters. The molecule has 0 radical (unpaired) electrons. The van der Waals surface area contributed by atoms with Crippen molar-refractivity contribution >= 4 is 43.6 Å². The third-order valence-electron chi connectivity index (χ3n) is 6.58. The topological polar surface area (TPSA) is 16.3 Å². The number of aromatic nitrogens is 2. The van der Waals surface area contributed by atoms with E-state index in [9.17, 15) is 0 Å². The van der Waals surface area contributed by atoms with Crippen LogP contribution in [-0.2, 0) is 20.3 Å². The van der Waals surface area contributed by atoms with Crippen LogP contribution in [0, 0.1) is 0 Å². The Morgan fingerprint density at radius 3 is 1.57 bits per heavy atom. The van der Waals surface area contributed by atoms with Crippen LogP contribution in [0.25, 0.3) is 43.6 Å². The highest BCUT2D eigenvalue weighted by Gasteiger charge is 2.10. The summed E-state index contributed by atoms with van der Waals surface area (Å²) in [6.45, 7) is 1.90. The number of fused-ring (bicyclic) bond motifs is 6. The second-order valence-electron chi connectivity index (χ2n) is 9.85. The van der Waals surface area contributed by atoms with Crippen molar-refractivity contribution in [3.63, 3.8) is 0 Å². The lowest BCUT2D eigenvalue weighted by atomic mass is 10.1. The molecule has 4 heteroatoms. The van der Waals surface area contributed by atoms with Crippen LogP contribution in [0.4, 0.5) is 0 Å². The third-order valence-corrected chi connectivity index (χ3v) is 6.58. The minimum absolute atomic E-state index is 0.911. The summed E-state index contributed by atoms with van der Waals surface area (Å²) in [4.78, 5) is 4.39. The van der Waals surface area contributed by atoms with Gasteiger partial charge in [0.1, 0.15) is 0 Å². The highest BCUT2D eigenvalue weighted by molar-refractivity contribution is 6.08. The summed E-state index contributed by atoms with van der Waals surface area (Å²) in [7, 11) is 10.5. The largest absolute Gasteiger partial charge is 0.344 e. The lowest BCUT2D eigenvalue weighted by Gasteiger charge is -2.13.